The molecule has 1 aliphatic carbocycles. The van der Waals surface area contributed by atoms with Crippen molar-refractivity contribution in [3.63, 3.8) is 0 Å². The van der Waals surface area contributed by atoms with E-state index < -0.39 is 11.5 Å². The van der Waals surface area contributed by atoms with E-state index in [0.29, 0.717) is 18.8 Å². The van der Waals surface area contributed by atoms with Crippen LogP contribution in [0.3, 0.4) is 0 Å². The van der Waals surface area contributed by atoms with Gasteiger partial charge in [-0.1, -0.05) is 6.92 Å². The fraction of sp³-hybridized carbons (Fsp3) is 0.857. The molecule has 1 rings (SSSR count). The van der Waals surface area contributed by atoms with Gasteiger partial charge in [-0.15, -0.1) is 0 Å². The molecular weight excluding hydrogens is 130 g/mol. The zero-order valence-electron chi connectivity index (χ0n) is 6.13. The van der Waals surface area contributed by atoms with Gasteiger partial charge in [0.25, 0.3) is 0 Å². The molecule has 0 saturated heterocycles. The van der Waals surface area contributed by atoms with E-state index >= 15 is 0 Å². The topological polar surface area (TPSA) is 63.3 Å². The van der Waals surface area contributed by atoms with E-state index in [0.717, 1.165) is 6.42 Å². The fourth-order valence-corrected chi connectivity index (χ4v) is 1.52. The lowest BCUT2D eigenvalue weighted by Gasteiger charge is -2.16. The van der Waals surface area contributed by atoms with E-state index in [1.165, 1.54) is 0 Å². The molecule has 10 heavy (non-hydrogen) atoms. The Kier molecular flexibility index (Phi) is 1.68. The minimum absolute atomic E-state index is 0.473. The van der Waals surface area contributed by atoms with Crippen LogP contribution in [0.15, 0.2) is 0 Å². The summed E-state index contributed by atoms with van der Waals surface area (Å²) in [5.74, 6) is -0.377. The summed E-state index contributed by atoms with van der Waals surface area (Å²) in [5, 5.41) is 8.67. The zero-order valence-corrected chi connectivity index (χ0v) is 6.13. The maximum atomic E-state index is 10.5. The van der Waals surface area contributed by atoms with Crippen molar-refractivity contribution in [1.29, 1.82) is 0 Å². The lowest BCUT2D eigenvalue weighted by atomic mass is 9.98. The quantitative estimate of drug-likeness (QED) is 0.564. The molecular formula is C7H13NO2. The normalized spacial score (nSPS) is 40.0. The number of hydrogen-bond acceptors (Lipinski definition) is 2. The molecule has 0 radical (unpaired) electrons. The van der Waals surface area contributed by atoms with Crippen LogP contribution in [0.4, 0.5) is 0 Å². The monoisotopic (exact) mass is 143 g/mol. The predicted octanol–water partition coefficient (Wildman–Crippen LogP) is 0.588. The van der Waals surface area contributed by atoms with E-state index in [1.54, 1.807) is 0 Å². The Morgan fingerprint density at radius 1 is 1.80 bits per heavy atom. The van der Waals surface area contributed by atoms with E-state index in [1.807, 2.05) is 6.92 Å². The van der Waals surface area contributed by atoms with Crippen molar-refractivity contribution in [2.45, 2.75) is 31.7 Å². The summed E-state index contributed by atoms with van der Waals surface area (Å²) < 4.78 is 0. The van der Waals surface area contributed by atoms with Crippen LogP contribution in [-0.2, 0) is 4.79 Å². The van der Waals surface area contributed by atoms with Crippen LogP contribution in [0.25, 0.3) is 0 Å². The van der Waals surface area contributed by atoms with Gasteiger partial charge in [0.05, 0.1) is 0 Å². The van der Waals surface area contributed by atoms with Gasteiger partial charge in [-0.25, -0.2) is 0 Å². The van der Waals surface area contributed by atoms with Crippen LogP contribution >= 0.6 is 0 Å². The summed E-state index contributed by atoms with van der Waals surface area (Å²) in [6.07, 6.45) is 2.20. The van der Waals surface area contributed by atoms with E-state index in [9.17, 15) is 4.79 Å². The molecule has 0 aliphatic heterocycles. The maximum absolute atomic E-state index is 10.5. The van der Waals surface area contributed by atoms with Crippen LogP contribution in [0.1, 0.15) is 26.2 Å². The zero-order chi connectivity index (χ0) is 7.78. The fourth-order valence-electron chi connectivity index (χ4n) is 1.52. The SMILES string of the molecule is C[C@@H]1CC[C@](N)(C(=O)O)C1. The summed E-state index contributed by atoms with van der Waals surface area (Å²) in [5.41, 5.74) is 4.68. The largest absolute Gasteiger partial charge is 0.480 e. The number of rotatable bonds is 1. The second-order valence-electron chi connectivity index (χ2n) is 3.31. The Balaban J connectivity index is 2.63. The van der Waals surface area contributed by atoms with Crippen molar-refractivity contribution in [3.05, 3.63) is 0 Å². The van der Waals surface area contributed by atoms with Crippen molar-refractivity contribution < 1.29 is 9.90 Å². The van der Waals surface area contributed by atoms with Gasteiger partial charge in [0.2, 0.25) is 0 Å². The number of aliphatic carboxylic acids is 1. The molecule has 3 N–H and O–H groups in total. The number of carboxylic acids is 1. The first-order valence-corrected chi connectivity index (χ1v) is 3.57. The summed E-state index contributed by atoms with van der Waals surface area (Å²) in [6.45, 7) is 2.04. The molecule has 2 atom stereocenters. The summed E-state index contributed by atoms with van der Waals surface area (Å²) in [4.78, 5) is 10.5. The van der Waals surface area contributed by atoms with Gasteiger partial charge in [-0.05, 0) is 25.2 Å². The molecule has 0 unspecified atom stereocenters. The molecule has 1 aliphatic rings. The molecule has 1 fully saturated rings. The van der Waals surface area contributed by atoms with Gasteiger partial charge in [-0.2, -0.15) is 0 Å². The van der Waals surface area contributed by atoms with Crippen LogP contribution < -0.4 is 5.73 Å². The number of hydrogen-bond donors (Lipinski definition) is 2. The lowest BCUT2D eigenvalue weighted by Crippen LogP contribution is -2.45. The third-order valence-electron chi connectivity index (χ3n) is 2.22. The Morgan fingerprint density at radius 3 is 2.60 bits per heavy atom. The van der Waals surface area contributed by atoms with Crippen LogP contribution in [0, 0.1) is 5.92 Å². The maximum Gasteiger partial charge on any atom is 0.323 e. The highest BCUT2D eigenvalue weighted by Crippen LogP contribution is 2.32. The van der Waals surface area contributed by atoms with E-state index in [2.05, 4.69) is 0 Å². The molecule has 1 saturated carbocycles. The molecule has 0 spiro atoms. The van der Waals surface area contributed by atoms with Crippen LogP contribution in [-0.4, -0.2) is 16.6 Å². The molecule has 0 aromatic carbocycles. The Bertz CT molecular complexity index is 158. The van der Waals surface area contributed by atoms with Crippen molar-refractivity contribution in [1.82, 2.24) is 0 Å². The summed E-state index contributed by atoms with van der Waals surface area (Å²) in [6, 6.07) is 0. The molecule has 0 aromatic heterocycles. The summed E-state index contributed by atoms with van der Waals surface area (Å²) in [7, 11) is 0. The lowest BCUT2D eigenvalue weighted by molar-refractivity contribution is -0.143. The first-order valence-electron chi connectivity index (χ1n) is 3.57. The number of nitrogens with two attached hydrogens (primary N) is 1. The minimum atomic E-state index is -0.917. The molecule has 0 aromatic rings. The Morgan fingerprint density at radius 2 is 2.40 bits per heavy atom. The van der Waals surface area contributed by atoms with E-state index in [4.69, 9.17) is 10.8 Å². The highest BCUT2D eigenvalue weighted by Gasteiger charge is 2.40. The molecule has 0 bridgehead atoms. The Hall–Kier alpha value is -0.570. The van der Waals surface area contributed by atoms with Crippen molar-refractivity contribution >= 4 is 5.97 Å². The highest BCUT2D eigenvalue weighted by atomic mass is 16.4. The first kappa shape index (κ1) is 7.54. The highest BCUT2D eigenvalue weighted by molar-refractivity contribution is 5.78. The average molecular weight is 143 g/mol. The van der Waals surface area contributed by atoms with Crippen LogP contribution in [0.5, 0.6) is 0 Å². The molecule has 0 heterocycles. The van der Waals surface area contributed by atoms with Crippen molar-refractivity contribution in [2.75, 3.05) is 0 Å². The van der Waals surface area contributed by atoms with Crippen molar-refractivity contribution in [2.24, 2.45) is 11.7 Å². The number of carboxylic acid groups (broad SMARTS) is 1. The minimum Gasteiger partial charge on any atom is -0.480 e. The first-order chi connectivity index (χ1) is 4.54. The second-order valence-corrected chi connectivity index (χ2v) is 3.31. The molecule has 3 heteroatoms. The van der Waals surface area contributed by atoms with Gasteiger partial charge in [0.15, 0.2) is 0 Å². The number of carbonyl (C=O) groups is 1. The van der Waals surface area contributed by atoms with Gasteiger partial charge in [-0.3, -0.25) is 4.79 Å². The van der Waals surface area contributed by atoms with E-state index in [-0.39, 0.29) is 0 Å². The smallest absolute Gasteiger partial charge is 0.323 e. The van der Waals surface area contributed by atoms with Gasteiger partial charge in [0, 0.05) is 0 Å². The van der Waals surface area contributed by atoms with Gasteiger partial charge < -0.3 is 10.8 Å². The third kappa shape index (κ3) is 1.14. The molecule has 0 amide bonds. The third-order valence-corrected chi connectivity index (χ3v) is 2.22. The van der Waals surface area contributed by atoms with Crippen molar-refractivity contribution in [3.8, 4) is 0 Å². The summed E-state index contributed by atoms with van der Waals surface area (Å²) >= 11 is 0. The molecule has 3 nitrogen and oxygen atoms in total. The van der Waals surface area contributed by atoms with Gasteiger partial charge >= 0.3 is 5.97 Å². The standard InChI is InChI=1S/C7H13NO2/c1-5-2-3-7(8,4-5)6(9)10/h5H,2-4,8H2,1H3,(H,9,10)/t5-,7-/m1/s1. The Labute approximate surface area is 60.2 Å². The van der Waals surface area contributed by atoms with Crippen LogP contribution in [0.2, 0.25) is 0 Å². The average Bonchev–Trinajstić information content (AvgIpc) is 2.13. The molecule has 58 valence electrons. The predicted molar refractivity (Wildman–Crippen MR) is 37.6 cm³/mol. The van der Waals surface area contributed by atoms with Gasteiger partial charge in [0.1, 0.15) is 5.54 Å². The second kappa shape index (κ2) is 2.23.